The zero-order valence-electron chi connectivity index (χ0n) is 11.1. The van der Waals surface area contributed by atoms with Crippen molar-refractivity contribution in [3.05, 3.63) is 0 Å². The topological polar surface area (TPSA) is 84.7 Å². The van der Waals surface area contributed by atoms with Crippen LogP contribution in [0.1, 0.15) is 19.8 Å². The predicted octanol–water partition coefficient (Wildman–Crippen LogP) is -0.665. The first-order chi connectivity index (χ1) is 8.54. The van der Waals surface area contributed by atoms with E-state index in [1.807, 2.05) is 6.92 Å². The van der Waals surface area contributed by atoms with Gasteiger partial charge < -0.3 is 20.7 Å². The van der Waals surface area contributed by atoms with Crippen LogP contribution in [0.25, 0.3) is 0 Å². The van der Waals surface area contributed by atoms with Crippen LogP contribution in [-0.4, -0.2) is 56.1 Å². The Morgan fingerprint density at radius 1 is 1.56 bits per heavy atom. The van der Waals surface area contributed by atoms with Gasteiger partial charge in [-0.05, 0) is 18.9 Å². The van der Waals surface area contributed by atoms with Crippen LogP contribution in [0.15, 0.2) is 0 Å². The first-order valence-corrected chi connectivity index (χ1v) is 6.32. The van der Waals surface area contributed by atoms with Crippen LogP contribution in [0.4, 0.5) is 0 Å². The summed E-state index contributed by atoms with van der Waals surface area (Å²) >= 11 is 0. The summed E-state index contributed by atoms with van der Waals surface area (Å²) in [6.45, 7) is 4.11. The molecule has 18 heavy (non-hydrogen) atoms. The monoisotopic (exact) mass is 257 g/mol. The lowest BCUT2D eigenvalue weighted by Gasteiger charge is -2.28. The molecule has 2 atom stereocenters. The molecular formula is C12H23N3O3. The van der Waals surface area contributed by atoms with Gasteiger partial charge >= 0.3 is 0 Å². The Kier molecular flexibility index (Phi) is 6.07. The van der Waals surface area contributed by atoms with E-state index in [0.717, 1.165) is 19.5 Å². The molecule has 0 aromatic heterocycles. The van der Waals surface area contributed by atoms with Crippen LogP contribution in [0.2, 0.25) is 0 Å². The Labute approximate surface area is 108 Å². The smallest absolute Gasteiger partial charge is 0.237 e. The van der Waals surface area contributed by atoms with E-state index >= 15 is 0 Å². The minimum atomic E-state index is -0.463. The fraction of sp³-hybridized carbons (Fsp3) is 0.833. The summed E-state index contributed by atoms with van der Waals surface area (Å²) in [6.07, 6.45) is 1.26. The summed E-state index contributed by atoms with van der Waals surface area (Å²) in [7, 11) is 1.61. The molecule has 0 bridgehead atoms. The van der Waals surface area contributed by atoms with Crippen LogP contribution in [0, 0.1) is 5.92 Å². The van der Waals surface area contributed by atoms with Gasteiger partial charge in [-0.15, -0.1) is 0 Å². The van der Waals surface area contributed by atoms with Crippen molar-refractivity contribution in [2.45, 2.75) is 25.8 Å². The average Bonchev–Trinajstić information content (AvgIpc) is 2.78. The van der Waals surface area contributed by atoms with Gasteiger partial charge in [-0.3, -0.25) is 9.59 Å². The van der Waals surface area contributed by atoms with Gasteiger partial charge in [0.1, 0.15) is 0 Å². The summed E-state index contributed by atoms with van der Waals surface area (Å²) in [6, 6.07) is 0.0831. The Bertz CT molecular complexity index is 290. The molecule has 1 rings (SSSR count). The van der Waals surface area contributed by atoms with Crippen molar-refractivity contribution in [3.63, 3.8) is 0 Å². The summed E-state index contributed by atoms with van der Waals surface area (Å²) in [5.74, 6) is -0.339. The molecule has 1 aliphatic rings. The van der Waals surface area contributed by atoms with Crippen molar-refractivity contribution in [3.8, 4) is 0 Å². The molecule has 1 saturated heterocycles. The van der Waals surface area contributed by atoms with Crippen molar-refractivity contribution in [2.75, 3.05) is 33.4 Å². The van der Waals surface area contributed by atoms with Crippen LogP contribution in [0.3, 0.4) is 0 Å². The van der Waals surface area contributed by atoms with E-state index in [1.54, 1.807) is 12.0 Å². The second kappa shape index (κ2) is 7.33. The van der Waals surface area contributed by atoms with Crippen molar-refractivity contribution in [1.29, 1.82) is 0 Å². The lowest BCUT2D eigenvalue weighted by molar-refractivity contribution is -0.138. The minimum Gasteiger partial charge on any atom is -0.384 e. The standard InChI is InChI=1S/C12H23N3O3/c1-9(8-18-2)5-12(17)15(7-11(13)16)10-3-4-14-6-10/h9-10,14H,3-8H2,1-2H3,(H2,13,16). The SMILES string of the molecule is COCC(C)CC(=O)N(CC(N)=O)C1CCNC1. The van der Waals surface area contributed by atoms with Gasteiger partial charge in [-0.1, -0.05) is 6.92 Å². The molecule has 0 saturated carbocycles. The van der Waals surface area contributed by atoms with E-state index < -0.39 is 5.91 Å². The Morgan fingerprint density at radius 3 is 2.78 bits per heavy atom. The molecule has 6 heteroatoms. The van der Waals surface area contributed by atoms with Gasteiger partial charge in [-0.25, -0.2) is 0 Å². The molecule has 0 spiro atoms. The third kappa shape index (κ3) is 4.62. The molecule has 0 radical (unpaired) electrons. The molecule has 104 valence electrons. The number of nitrogens with zero attached hydrogens (tertiary/aromatic N) is 1. The molecular weight excluding hydrogens is 234 g/mol. The molecule has 6 nitrogen and oxygen atoms in total. The van der Waals surface area contributed by atoms with E-state index in [-0.39, 0.29) is 24.4 Å². The van der Waals surface area contributed by atoms with E-state index in [2.05, 4.69) is 5.32 Å². The number of nitrogens with one attached hydrogen (secondary N) is 1. The molecule has 1 fully saturated rings. The zero-order chi connectivity index (χ0) is 13.5. The maximum absolute atomic E-state index is 12.2. The fourth-order valence-electron chi connectivity index (χ4n) is 2.25. The first-order valence-electron chi connectivity index (χ1n) is 6.32. The zero-order valence-corrected chi connectivity index (χ0v) is 11.1. The Balaban J connectivity index is 2.57. The molecule has 0 aliphatic carbocycles. The predicted molar refractivity (Wildman–Crippen MR) is 67.8 cm³/mol. The molecule has 0 aromatic rings. The quantitative estimate of drug-likeness (QED) is 0.634. The number of carbonyl (C=O) groups excluding carboxylic acids is 2. The highest BCUT2D eigenvalue weighted by Gasteiger charge is 2.28. The van der Waals surface area contributed by atoms with E-state index in [1.165, 1.54) is 0 Å². The number of primary amides is 1. The highest BCUT2D eigenvalue weighted by atomic mass is 16.5. The van der Waals surface area contributed by atoms with E-state index in [0.29, 0.717) is 13.0 Å². The minimum absolute atomic E-state index is 0.00484. The Hall–Kier alpha value is -1.14. The lowest BCUT2D eigenvalue weighted by atomic mass is 10.1. The summed E-state index contributed by atoms with van der Waals surface area (Å²) in [5, 5.41) is 3.19. The molecule has 3 N–H and O–H groups in total. The summed E-state index contributed by atoms with van der Waals surface area (Å²) in [5.41, 5.74) is 5.21. The highest BCUT2D eigenvalue weighted by molar-refractivity contribution is 5.84. The molecule has 2 amide bonds. The van der Waals surface area contributed by atoms with Crippen LogP contribution in [0.5, 0.6) is 0 Å². The van der Waals surface area contributed by atoms with Gasteiger partial charge in [-0.2, -0.15) is 0 Å². The first kappa shape index (κ1) is 14.9. The number of nitrogens with two attached hydrogens (primary N) is 1. The number of ether oxygens (including phenoxy) is 1. The highest BCUT2D eigenvalue weighted by Crippen LogP contribution is 2.13. The maximum atomic E-state index is 12.2. The van der Waals surface area contributed by atoms with Crippen LogP contribution in [-0.2, 0) is 14.3 Å². The van der Waals surface area contributed by atoms with E-state index in [4.69, 9.17) is 10.5 Å². The van der Waals surface area contributed by atoms with Crippen molar-refractivity contribution >= 4 is 11.8 Å². The third-order valence-corrected chi connectivity index (χ3v) is 3.10. The normalized spacial score (nSPS) is 20.7. The number of hydrogen-bond acceptors (Lipinski definition) is 4. The molecule has 1 heterocycles. The van der Waals surface area contributed by atoms with Gasteiger partial charge in [0, 0.05) is 32.7 Å². The Morgan fingerprint density at radius 2 is 2.28 bits per heavy atom. The molecule has 2 unspecified atom stereocenters. The number of hydrogen-bond donors (Lipinski definition) is 2. The number of carbonyl (C=O) groups is 2. The van der Waals surface area contributed by atoms with Crippen molar-refractivity contribution in [2.24, 2.45) is 11.7 Å². The maximum Gasteiger partial charge on any atom is 0.237 e. The van der Waals surface area contributed by atoms with Gasteiger partial charge in [0.05, 0.1) is 6.54 Å². The fourth-order valence-corrected chi connectivity index (χ4v) is 2.25. The van der Waals surface area contributed by atoms with Crippen molar-refractivity contribution in [1.82, 2.24) is 10.2 Å². The summed E-state index contributed by atoms with van der Waals surface area (Å²) in [4.78, 5) is 24.9. The number of rotatable bonds is 7. The second-order valence-electron chi connectivity index (χ2n) is 4.90. The lowest BCUT2D eigenvalue weighted by Crippen LogP contribution is -2.46. The van der Waals surface area contributed by atoms with Gasteiger partial charge in [0.2, 0.25) is 11.8 Å². The van der Waals surface area contributed by atoms with Crippen LogP contribution < -0.4 is 11.1 Å². The number of methoxy groups -OCH3 is 1. The van der Waals surface area contributed by atoms with Crippen LogP contribution >= 0.6 is 0 Å². The van der Waals surface area contributed by atoms with E-state index in [9.17, 15) is 9.59 Å². The van der Waals surface area contributed by atoms with Gasteiger partial charge in [0.15, 0.2) is 0 Å². The third-order valence-electron chi connectivity index (χ3n) is 3.10. The van der Waals surface area contributed by atoms with Gasteiger partial charge in [0.25, 0.3) is 0 Å². The second-order valence-corrected chi connectivity index (χ2v) is 4.90. The molecule has 0 aromatic carbocycles. The number of amides is 2. The summed E-state index contributed by atoms with van der Waals surface area (Å²) < 4.78 is 5.02. The molecule has 1 aliphatic heterocycles. The van der Waals surface area contributed by atoms with Crippen molar-refractivity contribution < 1.29 is 14.3 Å². The largest absolute Gasteiger partial charge is 0.384 e. The average molecular weight is 257 g/mol.